The van der Waals surface area contributed by atoms with Gasteiger partial charge in [0.1, 0.15) is 5.60 Å². The van der Waals surface area contributed by atoms with E-state index in [0.717, 1.165) is 0 Å². The second-order valence-electron chi connectivity index (χ2n) is 5.47. The highest BCUT2D eigenvalue weighted by Crippen LogP contribution is 2.49. The Hall–Kier alpha value is -1.88. The first kappa shape index (κ1) is 14.5. The first-order chi connectivity index (χ1) is 9.38. The molecule has 0 aromatic heterocycles. The molecular formula is C15H18O5. The van der Waals surface area contributed by atoms with E-state index in [9.17, 15) is 19.8 Å². The van der Waals surface area contributed by atoms with E-state index >= 15 is 0 Å². The largest absolute Gasteiger partial charge is 0.481 e. The Balaban J connectivity index is 2.41. The van der Waals surface area contributed by atoms with Crippen LogP contribution >= 0.6 is 0 Å². The van der Waals surface area contributed by atoms with Gasteiger partial charge in [-0.15, -0.1) is 0 Å². The first-order valence-corrected chi connectivity index (χ1v) is 6.57. The number of carbonyl (C=O) groups is 2. The number of carboxylic acid groups (broad SMARTS) is 2. The van der Waals surface area contributed by atoms with Crippen molar-refractivity contribution in [2.75, 3.05) is 0 Å². The number of ether oxygens (including phenoxy) is 1. The third kappa shape index (κ3) is 2.29. The van der Waals surface area contributed by atoms with E-state index in [1.807, 2.05) is 13.8 Å². The zero-order valence-corrected chi connectivity index (χ0v) is 11.4. The second kappa shape index (κ2) is 5.25. The van der Waals surface area contributed by atoms with Gasteiger partial charge in [-0.3, -0.25) is 9.59 Å². The van der Waals surface area contributed by atoms with Crippen LogP contribution in [0.2, 0.25) is 0 Å². The van der Waals surface area contributed by atoms with Gasteiger partial charge in [-0.25, -0.2) is 0 Å². The molecule has 0 saturated carbocycles. The number of aliphatic carboxylic acids is 2. The highest BCUT2D eigenvalue weighted by Gasteiger charge is 2.58. The summed E-state index contributed by atoms with van der Waals surface area (Å²) in [6.45, 7) is 3.94. The predicted octanol–water partition coefficient (Wildman–Crippen LogP) is 2.11. The Bertz CT molecular complexity index is 488. The maximum absolute atomic E-state index is 11.4. The van der Waals surface area contributed by atoms with Crippen molar-refractivity contribution in [1.29, 1.82) is 0 Å². The molecule has 0 aliphatic carbocycles. The van der Waals surface area contributed by atoms with Gasteiger partial charge in [0.2, 0.25) is 0 Å². The molecule has 0 bridgehead atoms. The number of carboxylic acids is 2. The second-order valence-corrected chi connectivity index (χ2v) is 5.47. The molecule has 1 aromatic carbocycles. The monoisotopic (exact) mass is 278 g/mol. The Kier molecular flexibility index (Phi) is 3.81. The summed E-state index contributed by atoms with van der Waals surface area (Å²) in [4.78, 5) is 22.7. The van der Waals surface area contributed by atoms with Crippen LogP contribution in [0.5, 0.6) is 0 Å². The Morgan fingerprint density at radius 3 is 2.10 bits per heavy atom. The van der Waals surface area contributed by atoms with E-state index in [1.165, 1.54) is 0 Å². The number of hydrogen-bond donors (Lipinski definition) is 2. The van der Waals surface area contributed by atoms with Crippen molar-refractivity contribution in [2.24, 2.45) is 11.8 Å². The van der Waals surface area contributed by atoms with Crippen molar-refractivity contribution in [1.82, 2.24) is 0 Å². The number of hydrogen-bond acceptors (Lipinski definition) is 3. The lowest BCUT2D eigenvalue weighted by atomic mass is 9.71. The summed E-state index contributed by atoms with van der Waals surface area (Å²) in [7, 11) is 0. The Morgan fingerprint density at radius 1 is 1.20 bits per heavy atom. The van der Waals surface area contributed by atoms with Gasteiger partial charge in [-0.1, -0.05) is 44.2 Å². The zero-order valence-electron chi connectivity index (χ0n) is 11.4. The molecule has 0 radical (unpaired) electrons. The minimum atomic E-state index is -1.60. The molecule has 20 heavy (non-hydrogen) atoms. The SMILES string of the molecule is CC(C)C1CC(c2ccccc2)(C(C(=O)O)C(=O)O)O1. The highest BCUT2D eigenvalue weighted by atomic mass is 16.5. The van der Waals surface area contributed by atoms with Gasteiger partial charge in [0, 0.05) is 6.42 Å². The summed E-state index contributed by atoms with van der Waals surface area (Å²) in [5, 5.41) is 18.5. The molecule has 0 spiro atoms. The number of rotatable bonds is 5. The fourth-order valence-electron chi connectivity index (χ4n) is 2.69. The van der Waals surface area contributed by atoms with Crippen LogP contribution in [-0.2, 0) is 19.9 Å². The van der Waals surface area contributed by atoms with Crippen LogP contribution in [0, 0.1) is 11.8 Å². The van der Waals surface area contributed by atoms with Gasteiger partial charge in [0.15, 0.2) is 5.92 Å². The van der Waals surface area contributed by atoms with Crippen LogP contribution in [0.15, 0.2) is 30.3 Å². The van der Waals surface area contributed by atoms with Gasteiger partial charge in [-0.2, -0.15) is 0 Å². The van der Waals surface area contributed by atoms with Gasteiger partial charge >= 0.3 is 11.9 Å². The molecule has 1 aromatic rings. The quantitative estimate of drug-likeness (QED) is 0.806. The Morgan fingerprint density at radius 2 is 1.70 bits per heavy atom. The van der Waals surface area contributed by atoms with E-state index in [4.69, 9.17) is 4.74 Å². The third-order valence-corrected chi connectivity index (χ3v) is 3.83. The molecule has 5 heteroatoms. The van der Waals surface area contributed by atoms with Gasteiger partial charge in [-0.05, 0) is 11.5 Å². The zero-order chi connectivity index (χ0) is 14.9. The van der Waals surface area contributed by atoms with Crippen molar-refractivity contribution in [2.45, 2.75) is 32.0 Å². The highest BCUT2D eigenvalue weighted by molar-refractivity contribution is 5.94. The van der Waals surface area contributed by atoms with Crippen LogP contribution in [0.25, 0.3) is 0 Å². The smallest absolute Gasteiger partial charge is 0.321 e. The van der Waals surface area contributed by atoms with Crippen molar-refractivity contribution < 1.29 is 24.5 Å². The third-order valence-electron chi connectivity index (χ3n) is 3.83. The van der Waals surface area contributed by atoms with Crippen molar-refractivity contribution in [3.63, 3.8) is 0 Å². The van der Waals surface area contributed by atoms with Crippen LogP contribution in [0.3, 0.4) is 0 Å². The summed E-state index contributed by atoms with van der Waals surface area (Å²) in [6, 6.07) is 8.74. The molecule has 108 valence electrons. The molecule has 2 unspecified atom stereocenters. The topological polar surface area (TPSA) is 83.8 Å². The average molecular weight is 278 g/mol. The maximum Gasteiger partial charge on any atom is 0.321 e. The molecule has 2 N–H and O–H groups in total. The van der Waals surface area contributed by atoms with Crippen molar-refractivity contribution in [3.05, 3.63) is 35.9 Å². The molecular weight excluding hydrogens is 260 g/mol. The minimum absolute atomic E-state index is 0.114. The van der Waals surface area contributed by atoms with Gasteiger partial charge in [0.05, 0.1) is 6.10 Å². The standard InChI is InChI=1S/C15H18O5/c1-9(2)11-8-15(20-11,10-6-4-3-5-7-10)12(13(16)17)14(18)19/h3-7,9,11-12H,8H2,1-2H3,(H,16,17)(H,18,19). The lowest BCUT2D eigenvalue weighted by Gasteiger charge is -2.51. The predicted molar refractivity (Wildman–Crippen MR) is 71.2 cm³/mol. The van der Waals surface area contributed by atoms with Crippen LogP contribution in [0.4, 0.5) is 0 Å². The van der Waals surface area contributed by atoms with E-state index in [0.29, 0.717) is 12.0 Å². The van der Waals surface area contributed by atoms with E-state index < -0.39 is 23.5 Å². The molecule has 2 rings (SSSR count). The summed E-state index contributed by atoms with van der Waals surface area (Å²) >= 11 is 0. The summed E-state index contributed by atoms with van der Waals surface area (Å²) in [5.74, 6) is -4.12. The normalized spacial score (nSPS) is 25.5. The molecule has 1 saturated heterocycles. The molecule has 1 aliphatic heterocycles. The van der Waals surface area contributed by atoms with Crippen molar-refractivity contribution in [3.8, 4) is 0 Å². The Labute approximate surface area is 117 Å². The van der Waals surface area contributed by atoms with Gasteiger partial charge in [0.25, 0.3) is 0 Å². The lowest BCUT2D eigenvalue weighted by molar-refractivity contribution is -0.256. The molecule has 1 fully saturated rings. The van der Waals surface area contributed by atoms with Crippen LogP contribution in [0.1, 0.15) is 25.8 Å². The first-order valence-electron chi connectivity index (χ1n) is 6.57. The van der Waals surface area contributed by atoms with E-state index in [2.05, 4.69) is 0 Å². The summed E-state index contributed by atoms with van der Waals surface area (Å²) in [5.41, 5.74) is -0.667. The number of benzene rings is 1. The summed E-state index contributed by atoms with van der Waals surface area (Å²) < 4.78 is 5.80. The molecule has 1 heterocycles. The van der Waals surface area contributed by atoms with Gasteiger partial charge < -0.3 is 14.9 Å². The molecule has 5 nitrogen and oxygen atoms in total. The van der Waals surface area contributed by atoms with E-state index in [1.54, 1.807) is 30.3 Å². The fraction of sp³-hybridized carbons (Fsp3) is 0.467. The van der Waals surface area contributed by atoms with E-state index in [-0.39, 0.29) is 12.0 Å². The van der Waals surface area contributed by atoms with Crippen LogP contribution < -0.4 is 0 Å². The lowest BCUT2D eigenvalue weighted by Crippen LogP contribution is -2.58. The summed E-state index contributed by atoms with van der Waals surface area (Å²) in [6.07, 6.45) is 0.286. The molecule has 0 amide bonds. The van der Waals surface area contributed by atoms with Crippen LogP contribution in [-0.4, -0.2) is 28.3 Å². The maximum atomic E-state index is 11.4. The molecule has 1 aliphatic rings. The van der Waals surface area contributed by atoms with Crippen molar-refractivity contribution >= 4 is 11.9 Å². The minimum Gasteiger partial charge on any atom is -0.481 e. The fourth-order valence-corrected chi connectivity index (χ4v) is 2.69. The average Bonchev–Trinajstić information content (AvgIpc) is 2.32. The molecule has 2 atom stereocenters.